The fraction of sp³-hybridized carbons (Fsp3) is 0.400. The number of hydrogen-bond acceptors (Lipinski definition) is 2. The minimum atomic E-state index is 0.133. The molecule has 2 aliphatic carbocycles. The number of ether oxygens (including phenoxy) is 1. The molecule has 2 aromatic rings. The Bertz CT molecular complexity index is 819. The summed E-state index contributed by atoms with van der Waals surface area (Å²) in [4.78, 5) is 15.0. The van der Waals surface area contributed by atoms with Crippen LogP contribution in [-0.4, -0.2) is 23.5 Å². The summed E-state index contributed by atoms with van der Waals surface area (Å²) in [5, 5.41) is 0. The predicted octanol–water partition coefficient (Wildman–Crippen LogP) is 5.53. The number of aryl methyl sites for hydroxylation is 1. The number of carbonyl (C=O) groups is 1. The molecule has 1 unspecified atom stereocenters. The number of benzene rings is 2. The average molecular weight is 376 g/mol. The highest BCUT2D eigenvalue weighted by Gasteiger charge is 2.33. The first-order valence-electron chi connectivity index (χ1n) is 10.4. The highest BCUT2D eigenvalue weighted by Crippen LogP contribution is 2.30. The summed E-state index contributed by atoms with van der Waals surface area (Å²) < 4.78 is 5.98. The molecule has 4 rings (SSSR count). The van der Waals surface area contributed by atoms with Crippen LogP contribution in [0.4, 0.5) is 0 Å². The fourth-order valence-corrected chi connectivity index (χ4v) is 3.72. The van der Waals surface area contributed by atoms with Gasteiger partial charge in [-0.3, -0.25) is 4.79 Å². The first-order chi connectivity index (χ1) is 13.7. The van der Waals surface area contributed by atoms with Gasteiger partial charge in [0.2, 0.25) is 0 Å². The van der Waals surface area contributed by atoms with Crippen molar-refractivity contribution >= 4 is 5.91 Å². The Morgan fingerprint density at radius 3 is 2.39 bits per heavy atom. The van der Waals surface area contributed by atoms with Crippen LogP contribution in [0.3, 0.4) is 0 Å². The first kappa shape index (κ1) is 18.8. The van der Waals surface area contributed by atoms with Gasteiger partial charge in [0, 0.05) is 18.2 Å². The summed E-state index contributed by atoms with van der Waals surface area (Å²) in [5.74, 6) is 1.68. The van der Waals surface area contributed by atoms with Gasteiger partial charge in [0.1, 0.15) is 5.75 Å². The second-order valence-corrected chi connectivity index (χ2v) is 8.14. The molecule has 0 heterocycles. The lowest BCUT2D eigenvalue weighted by Crippen LogP contribution is -2.32. The monoisotopic (exact) mass is 375 g/mol. The molecule has 0 N–H and O–H groups in total. The molecule has 0 saturated heterocycles. The lowest BCUT2D eigenvalue weighted by molar-refractivity contribution is 0.0730. The topological polar surface area (TPSA) is 29.5 Å². The number of rotatable bonds is 7. The minimum absolute atomic E-state index is 0.133. The Balaban J connectivity index is 1.36. The molecule has 0 aliphatic heterocycles. The number of hydrogen-bond donors (Lipinski definition) is 0. The van der Waals surface area contributed by atoms with Gasteiger partial charge in [-0.15, -0.1) is 0 Å². The van der Waals surface area contributed by atoms with Crippen molar-refractivity contribution in [2.45, 2.75) is 51.6 Å². The minimum Gasteiger partial charge on any atom is -0.493 e. The Morgan fingerprint density at radius 2 is 1.75 bits per heavy atom. The van der Waals surface area contributed by atoms with Crippen molar-refractivity contribution in [2.75, 3.05) is 6.61 Å². The third-order valence-corrected chi connectivity index (χ3v) is 5.69. The number of amides is 1. The molecule has 0 bridgehead atoms. The molecule has 2 aliphatic rings. The molecule has 1 fully saturated rings. The van der Waals surface area contributed by atoms with Crippen molar-refractivity contribution in [3.8, 4) is 5.75 Å². The molecule has 28 heavy (non-hydrogen) atoms. The van der Waals surface area contributed by atoms with E-state index >= 15 is 0 Å². The van der Waals surface area contributed by atoms with Crippen molar-refractivity contribution in [2.24, 2.45) is 5.92 Å². The molecule has 146 valence electrons. The normalized spacial score (nSPS) is 18.7. The van der Waals surface area contributed by atoms with Crippen LogP contribution in [0.1, 0.15) is 53.6 Å². The van der Waals surface area contributed by atoms with Crippen LogP contribution in [0.5, 0.6) is 5.75 Å². The van der Waals surface area contributed by atoms with E-state index < -0.39 is 0 Å². The molecule has 0 aromatic heterocycles. The van der Waals surface area contributed by atoms with Gasteiger partial charge in [-0.05, 0) is 74.8 Å². The largest absolute Gasteiger partial charge is 0.493 e. The van der Waals surface area contributed by atoms with E-state index in [9.17, 15) is 4.79 Å². The Hall–Kier alpha value is -2.55. The zero-order chi connectivity index (χ0) is 19.3. The predicted molar refractivity (Wildman–Crippen MR) is 112 cm³/mol. The third-order valence-electron chi connectivity index (χ3n) is 5.69. The summed E-state index contributed by atoms with van der Waals surface area (Å²) in [5.41, 5.74) is 3.11. The van der Waals surface area contributed by atoms with Crippen LogP contribution >= 0.6 is 0 Å². The van der Waals surface area contributed by atoms with Gasteiger partial charge in [-0.25, -0.2) is 0 Å². The molecule has 0 spiro atoms. The van der Waals surface area contributed by atoms with Crippen molar-refractivity contribution in [3.05, 3.63) is 77.4 Å². The maximum absolute atomic E-state index is 13.0. The van der Waals surface area contributed by atoms with Gasteiger partial charge < -0.3 is 9.64 Å². The van der Waals surface area contributed by atoms with Gasteiger partial charge >= 0.3 is 0 Å². The Labute approximate surface area is 168 Å². The van der Waals surface area contributed by atoms with E-state index in [0.717, 1.165) is 42.7 Å². The van der Waals surface area contributed by atoms with Crippen LogP contribution in [0.2, 0.25) is 0 Å². The van der Waals surface area contributed by atoms with Crippen LogP contribution in [0.15, 0.2) is 60.7 Å². The zero-order valence-electron chi connectivity index (χ0n) is 16.6. The van der Waals surface area contributed by atoms with E-state index in [0.29, 0.717) is 18.5 Å². The molecule has 3 heteroatoms. The molecular weight excluding hydrogens is 346 g/mol. The van der Waals surface area contributed by atoms with E-state index in [1.54, 1.807) is 0 Å². The number of allylic oxidation sites excluding steroid dienone is 2. The molecule has 1 amide bonds. The van der Waals surface area contributed by atoms with Gasteiger partial charge in [0.05, 0.1) is 6.61 Å². The summed E-state index contributed by atoms with van der Waals surface area (Å²) in [6, 6.07) is 16.5. The maximum Gasteiger partial charge on any atom is 0.254 e. The van der Waals surface area contributed by atoms with E-state index in [1.165, 1.54) is 18.4 Å². The Kier molecular flexibility index (Phi) is 5.80. The second-order valence-electron chi connectivity index (χ2n) is 8.14. The molecule has 2 aromatic carbocycles. The van der Waals surface area contributed by atoms with Crippen LogP contribution < -0.4 is 4.74 Å². The summed E-state index contributed by atoms with van der Waals surface area (Å²) in [6.07, 6.45) is 10.2. The van der Waals surface area contributed by atoms with Gasteiger partial charge in [0.25, 0.3) is 5.91 Å². The van der Waals surface area contributed by atoms with E-state index in [1.807, 2.05) is 48.2 Å². The highest BCUT2D eigenvalue weighted by molar-refractivity contribution is 5.94. The van der Waals surface area contributed by atoms with Gasteiger partial charge in [0.15, 0.2) is 0 Å². The Morgan fingerprint density at radius 1 is 1.00 bits per heavy atom. The van der Waals surface area contributed by atoms with E-state index in [4.69, 9.17) is 4.74 Å². The summed E-state index contributed by atoms with van der Waals surface area (Å²) in [7, 11) is 0. The van der Waals surface area contributed by atoms with Gasteiger partial charge in [-0.1, -0.05) is 42.0 Å². The first-order valence-corrected chi connectivity index (χ1v) is 10.4. The maximum atomic E-state index is 13.0. The van der Waals surface area contributed by atoms with Crippen molar-refractivity contribution < 1.29 is 9.53 Å². The van der Waals surface area contributed by atoms with Crippen molar-refractivity contribution in [1.29, 1.82) is 0 Å². The molecule has 1 saturated carbocycles. The number of carbonyl (C=O) groups excluding carboxylic acids is 1. The van der Waals surface area contributed by atoms with Gasteiger partial charge in [-0.2, -0.15) is 0 Å². The van der Waals surface area contributed by atoms with Crippen LogP contribution in [0.25, 0.3) is 0 Å². The van der Waals surface area contributed by atoms with E-state index in [-0.39, 0.29) is 5.91 Å². The second kappa shape index (κ2) is 8.64. The van der Waals surface area contributed by atoms with Crippen LogP contribution in [0, 0.1) is 12.8 Å². The van der Waals surface area contributed by atoms with Crippen molar-refractivity contribution in [3.63, 3.8) is 0 Å². The van der Waals surface area contributed by atoms with Crippen LogP contribution in [-0.2, 0) is 6.54 Å². The molecule has 1 atom stereocenters. The van der Waals surface area contributed by atoms with Crippen molar-refractivity contribution in [1.82, 2.24) is 4.90 Å². The molecule has 3 nitrogen and oxygen atoms in total. The fourth-order valence-electron chi connectivity index (χ4n) is 3.72. The molecule has 0 radical (unpaired) electrons. The molecular formula is C25H29NO2. The smallest absolute Gasteiger partial charge is 0.254 e. The lowest BCUT2D eigenvalue weighted by Gasteiger charge is -2.23. The number of nitrogens with zero attached hydrogens (tertiary/aromatic N) is 1. The standard InChI is InChI=1S/C25H29NO2/c1-19-7-11-22(12-8-19)25(27)26(23-13-14-23)17-20-9-15-24(16-10-20)28-18-21-5-3-2-4-6-21/h2-3,7-12,15-16,21,23H,4-6,13-14,17-18H2,1H3. The summed E-state index contributed by atoms with van der Waals surface area (Å²) in [6.45, 7) is 3.48. The zero-order valence-corrected chi connectivity index (χ0v) is 16.6. The SMILES string of the molecule is Cc1ccc(C(=O)N(Cc2ccc(OCC3CC=CCC3)cc2)C2CC2)cc1. The third kappa shape index (κ3) is 4.83. The highest BCUT2D eigenvalue weighted by atomic mass is 16.5. The quantitative estimate of drug-likeness (QED) is 0.595. The lowest BCUT2D eigenvalue weighted by atomic mass is 9.95. The average Bonchev–Trinajstić information content (AvgIpc) is 3.57. The van der Waals surface area contributed by atoms with E-state index in [2.05, 4.69) is 24.3 Å². The summed E-state index contributed by atoms with van der Waals surface area (Å²) >= 11 is 0.